The van der Waals surface area contributed by atoms with E-state index in [1.807, 2.05) is 13.8 Å². The van der Waals surface area contributed by atoms with Crippen molar-refractivity contribution in [1.29, 1.82) is 0 Å². The highest BCUT2D eigenvalue weighted by Crippen LogP contribution is 2.29. The van der Waals surface area contributed by atoms with Crippen molar-refractivity contribution < 1.29 is 17.9 Å². The van der Waals surface area contributed by atoms with Crippen molar-refractivity contribution in [2.75, 3.05) is 6.61 Å². The van der Waals surface area contributed by atoms with Gasteiger partial charge in [0, 0.05) is 16.3 Å². The predicted octanol–water partition coefficient (Wildman–Crippen LogP) is 4.11. The number of halogens is 2. The van der Waals surface area contributed by atoms with Crippen LogP contribution in [0.5, 0.6) is 5.75 Å². The molecule has 158 valence electrons. The summed E-state index contributed by atoms with van der Waals surface area (Å²) in [5.74, 6) is -0.947. The number of benzene rings is 2. The van der Waals surface area contributed by atoms with E-state index in [0.717, 1.165) is 4.68 Å². The minimum absolute atomic E-state index is 0.0261. The number of rotatable bonds is 7. The molecule has 1 aromatic heterocycles. The fraction of sp³-hybridized carbons (Fsp3) is 0.238. The third-order valence-corrected chi connectivity index (χ3v) is 4.97. The van der Waals surface area contributed by atoms with E-state index in [-0.39, 0.29) is 23.8 Å². The van der Waals surface area contributed by atoms with Crippen LogP contribution in [0, 0.1) is 11.7 Å². The maximum atomic E-state index is 14.4. The lowest BCUT2D eigenvalue weighted by Gasteiger charge is -2.15. The summed E-state index contributed by atoms with van der Waals surface area (Å²) in [6, 6.07) is 10.7. The molecule has 0 saturated carbocycles. The van der Waals surface area contributed by atoms with E-state index in [2.05, 4.69) is 5.10 Å². The molecule has 0 radical (unpaired) electrons. The highest BCUT2D eigenvalue weighted by Gasteiger charge is 2.18. The maximum absolute atomic E-state index is 14.4. The summed E-state index contributed by atoms with van der Waals surface area (Å²) in [5.41, 5.74) is 0.660. The van der Waals surface area contributed by atoms with Gasteiger partial charge in [-0.25, -0.2) is 4.39 Å². The van der Waals surface area contributed by atoms with E-state index in [1.54, 1.807) is 24.3 Å². The summed E-state index contributed by atoms with van der Waals surface area (Å²) in [6.07, 6.45) is 1.41. The second-order valence-corrected chi connectivity index (χ2v) is 8.38. The summed E-state index contributed by atoms with van der Waals surface area (Å²) >= 11 is 3.61. The molecule has 0 aliphatic rings. The van der Waals surface area contributed by atoms with E-state index >= 15 is 0 Å². The van der Waals surface area contributed by atoms with Gasteiger partial charge in [-0.1, -0.05) is 54.7 Å². The van der Waals surface area contributed by atoms with Crippen molar-refractivity contribution in [2.24, 2.45) is 5.92 Å². The summed E-state index contributed by atoms with van der Waals surface area (Å²) in [5, 5.41) is 4.65. The lowest BCUT2D eigenvalue weighted by atomic mass is 10.0. The zero-order chi connectivity index (χ0) is 21.8. The Morgan fingerprint density at radius 3 is 2.67 bits per heavy atom. The van der Waals surface area contributed by atoms with Crippen LogP contribution >= 0.6 is 11.6 Å². The van der Waals surface area contributed by atoms with Gasteiger partial charge in [0.25, 0.3) is 0 Å². The molecule has 6 nitrogen and oxygen atoms in total. The first-order valence-electron chi connectivity index (χ1n) is 9.12. The van der Waals surface area contributed by atoms with Gasteiger partial charge in [-0.3, -0.25) is 9.00 Å². The molecule has 0 amide bonds. The number of hydrogen-bond acceptors (Lipinski definition) is 5. The Morgan fingerprint density at radius 2 is 2.03 bits per heavy atom. The van der Waals surface area contributed by atoms with Crippen molar-refractivity contribution in [3.05, 3.63) is 75.4 Å². The molecule has 0 spiro atoms. The van der Waals surface area contributed by atoms with Gasteiger partial charge >= 0.3 is 5.56 Å². The second-order valence-electron chi connectivity index (χ2n) is 7.04. The molecule has 0 bridgehead atoms. The SMILES string of the molecule is CC(C)COc1c(-c2ccc(CS(=O)[O-])c(F)c2)cnn(-c2cccc(Cl)c2)c1=O. The van der Waals surface area contributed by atoms with Gasteiger partial charge in [0.05, 0.1) is 18.5 Å². The maximum Gasteiger partial charge on any atom is 0.314 e. The topological polar surface area (TPSA) is 84.2 Å². The largest absolute Gasteiger partial charge is 0.772 e. The lowest BCUT2D eigenvalue weighted by Crippen LogP contribution is -2.24. The molecule has 30 heavy (non-hydrogen) atoms. The van der Waals surface area contributed by atoms with E-state index in [1.165, 1.54) is 24.4 Å². The molecule has 0 fully saturated rings. The molecule has 3 aromatic rings. The minimum Gasteiger partial charge on any atom is -0.772 e. The Bertz CT molecular complexity index is 1150. The summed E-state index contributed by atoms with van der Waals surface area (Å²) in [4.78, 5) is 13.1. The molecule has 2 aromatic carbocycles. The molecule has 0 saturated heterocycles. The zero-order valence-electron chi connectivity index (χ0n) is 16.3. The second kappa shape index (κ2) is 9.51. The van der Waals surface area contributed by atoms with Crippen molar-refractivity contribution in [2.45, 2.75) is 19.6 Å². The van der Waals surface area contributed by atoms with Crippen LogP contribution in [0.3, 0.4) is 0 Å². The first-order chi connectivity index (χ1) is 14.3. The van der Waals surface area contributed by atoms with Crippen molar-refractivity contribution >= 4 is 22.7 Å². The Kier molecular flexibility index (Phi) is 7.02. The lowest BCUT2D eigenvalue weighted by molar-refractivity contribution is 0.267. The summed E-state index contributed by atoms with van der Waals surface area (Å²) in [7, 11) is 0. The normalized spacial score (nSPS) is 12.2. The average molecular weight is 450 g/mol. The Labute approximate surface area is 180 Å². The van der Waals surface area contributed by atoms with E-state index in [4.69, 9.17) is 16.3 Å². The van der Waals surface area contributed by atoms with Gasteiger partial charge in [-0.05, 0) is 41.3 Å². The number of hydrogen-bond donors (Lipinski definition) is 0. The number of ether oxygens (including phenoxy) is 1. The van der Waals surface area contributed by atoms with Crippen LogP contribution in [0.15, 0.2) is 53.5 Å². The fourth-order valence-electron chi connectivity index (χ4n) is 2.78. The van der Waals surface area contributed by atoms with Crippen molar-refractivity contribution in [3.63, 3.8) is 0 Å². The Hall–Kier alpha value is -2.55. The molecule has 0 aliphatic heterocycles. The van der Waals surface area contributed by atoms with Crippen molar-refractivity contribution in [3.8, 4) is 22.6 Å². The van der Waals surface area contributed by atoms with Crippen LogP contribution in [-0.2, 0) is 16.8 Å². The monoisotopic (exact) mass is 449 g/mol. The third kappa shape index (κ3) is 5.13. The molecular formula is C21H19ClFN2O4S-. The van der Waals surface area contributed by atoms with Gasteiger partial charge in [0.1, 0.15) is 5.82 Å². The predicted molar refractivity (Wildman–Crippen MR) is 113 cm³/mol. The average Bonchev–Trinajstić information content (AvgIpc) is 2.68. The number of nitrogens with zero attached hydrogens (tertiary/aromatic N) is 2. The molecule has 1 heterocycles. The standard InChI is InChI=1S/C21H20ClFN2O4S/c1-13(2)11-29-20-18(14-6-7-15(12-30(27)28)19(23)8-14)10-24-25(21(20)26)17-5-3-4-16(22)9-17/h3-10,13H,11-12H2,1-2H3,(H,27,28)/p-1. The van der Waals surface area contributed by atoms with Gasteiger partial charge in [0.2, 0.25) is 0 Å². The smallest absolute Gasteiger partial charge is 0.314 e. The van der Waals surface area contributed by atoms with E-state index in [0.29, 0.717) is 21.8 Å². The molecule has 1 atom stereocenters. The van der Waals surface area contributed by atoms with Crippen LogP contribution in [0.25, 0.3) is 16.8 Å². The van der Waals surface area contributed by atoms with E-state index < -0.39 is 28.2 Å². The van der Waals surface area contributed by atoms with Gasteiger partial charge < -0.3 is 9.29 Å². The van der Waals surface area contributed by atoms with Crippen molar-refractivity contribution in [1.82, 2.24) is 9.78 Å². The first kappa shape index (κ1) is 22.1. The first-order valence-corrected chi connectivity index (χ1v) is 10.7. The Morgan fingerprint density at radius 1 is 1.27 bits per heavy atom. The zero-order valence-corrected chi connectivity index (χ0v) is 17.9. The van der Waals surface area contributed by atoms with Gasteiger partial charge in [-0.15, -0.1) is 0 Å². The summed E-state index contributed by atoms with van der Waals surface area (Å²) in [6.45, 7) is 4.15. The molecule has 0 aliphatic carbocycles. The molecular weight excluding hydrogens is 431 g/mol. The van der Waals surface area contributed by atoms with Crippen LogP contribution in [0.1, 0.15) is 19.4 Å². The fourth-order valence-corrected chi connectivity index (χ4v) is 3.46. The quantitative estimate of drug-likeness (QED) is 0.507. The number of aromatic nitrogens is 2. The molecule has 9 heteroatoms. The third-order valence-electron chi connectivity index (χ3n) is 4.18. The Balaban J connectivity index is 2.12. The molecule has 1 unspecified atom stereocenters. The highest BCUT2D eigenvalue weighted by atomic mass is 35.5. The van der Waals surface area contributed by atoms with Gasteiger partial charge in [-0.2, -0.15) is 9.78 Å². The van der Waals surface area contributed by atoms with Crippen LogP contribution < -0.4 is 10.3 Å². The van der Waals surface area contributed by atoms with E-state index in [9.17, 15) is 17.9 Å². The van der Waals surface area contributed by atoms with Crippen LogP contribution in [0.4, 0.5) is 4.39 Å². The van der Waals surface area contributed by atoms with Crippen LogP contribution in [0.2, 0.25) is 5.02 Å². The molecule has 3 rings (SSSR count). The van der Waals surface area contributed by atoms with Gasteiger partial charge in [0.15, 0.2) is 5.75 Å². The van der Waals surface area contributed by atoms with Crippen LogP contribution in [-0.4, -0.2) is 25.1 Å². The highest BCUT2D eigenvalue weighted by molar-refractivity contribution is 7.78. The summed E-state index contributed by atoms with van der Waals surface area (Å²) < 4.78 is 43.1. The molecule has 0 N–H and O–H groups in total. The minimum atomic E-state index is -2.41.